The molecule has 1 aromatic rings. The van der Waals surface area contributed by atoms with Gasteiger partial charge in [0.05, 0.1) is 26.4 Å². The van der Waals surface area contributed by atoms with Gasteiger partial charge in [-0.15, -0.1) is 0 Å². The highest BCUT2D eigenvalue weighted by Gasteiger charge is 2.72. The first-order chi connectivity index (χ1) is 12.2. The molecule has 3 atom stereocenters. The van der Waals surface area contributed by atoms with E-state index < -0.39 is 17.1 Å². The lowest BCUT2D eigenvalue weighted by Crippen LogP contribution is -2.78. The summed E-state index contributed by atoms with van der Waals surface area (Å²) in [6.07, 6.45) is 3.00. The first-order valence-electron chi connectivity index (χ1n) is 8.61. The fourth-order valence-corrected chi connectivity index (χ4v) is 4.17. The van der Waals surface area contributed by atoms with Crippen molar-refractivity contribution in [2.24, 2.45) is 0 Å². The van der Waals surface area contributed by atoms with Gasteiger partial charge >= 0.3 is 5.97 Å². The van der Waals surface area contributed by atoms with Crippen LogP contribution in [0.5, 0.6) is 0 Å². The number of hydrogen-bond donors (Lipinski definition) is 0. The van der Waals surface area contributed by atoms with E-state index in [4.69, 9.17) is 14.2 Å². The van der Waals surface area contributed by atoms with E-state index in [2.05, 4.69) is 11.0 Å². The monoisotopic (exact) mass is 344 g/mol. The van der Waals surface area contributed by atoms with Gasteiger partial charge in [0.15, 0.2) is 5.54 Å². The van der Waals surface area contributed by atoms with E-state index in [0.29, 0.717) is 12.2 Å². The Labute approximate surface area is 148 Å². The summed E-state index contributed by atoms with van der Waals surface area (Å²) in [7, 11) is 2.99. The summed E-state index contributed by atoms with van der Waals surface area (Å²) >= 11 is 0. The zero-order valence-electron chi connectivity index (χ0n) is 14.7. The van der Waals surface area contributed by atoms with E-state index >= 15 is 0 Å². The third-order valence-electron chi connectivity index (χ3n) is 5.39. The number of ether oxygens (including phenoxy) is 3. The standard InChI is InChI=1S/C19H24N2O4/c1-23-12-16-10-6-7-11-21(16)18(13-20)14-25-19(18,17(22)24-2)15-8-4-3-5-9-15/h3-5,8-9,16H,6-7,10-12,14H2,1-2H3/t16-,18+,19-/m0/s1. The fourth-order valence-electron chi connectivity index (χ4n) is 4.17. The lowest BCUT2D eigenvalue weighted by molar-refractivity contribution is -0.270. The van der Waals surface area contributed by atoms with Crippen molar-refractivity contribution in [3.05, 3.63) is 35.9 Å². The predicted octanol–water partition coefficient (Wildman–Crippen LogP) is 1.85. The molecule has 25 heavy (non-hydrogen) atoms. The zero-order chi connectivity index (χ0) is 17.9. The molecule has 0 amide bonds. The minimum absolute atomic E-state index is 0.0787. The minimum atomic E-state index is -1.43. The molecule has 0 aromatic heterocycles. The zero-order valence-corrected chi connectivity index (χ0v) is 14.7. The molecule has 0 unspecified atom stereocenters. The van der Waals surface area contributed by atoms with Gasteiger partial charge in [-0.25, -0.2) is 4.79 Å². The van der Waals surface area contributed by atoms with Crippen LogP contribution in [0.1, 0.15) is 24.8 Å². The van der Waals surface area contributed by atoms with Gasteiger partial charge in [0.1, 0.15) is 0 Å². The van der Waals surface area contributed by atoms with E-state index in [9.17, 15) is 10.1 Å². The molecular formula is C19H24N2O4. The van der Waals surface area contributed by atoms with Crippen LogP contribution in [0.3, 0.4) is 0 Å². The molecular weight excluding hydrogens is 320 g/mol. The molecule has 2 aliphatic heterocycles. The molecule has 3 rings (SSSR count). The molecule has 0 bridgehead atoms. The summed E-state index contributed by atoms with van der Waals surface area (Å²) in [5.74, 6) is -0.534. The molecule has 2 heterocycles. The Kier molecular flexibility index (Phi) is 5.09. The quantitative estimate of drug-likeness (QED) is 0.759. The second-order valence-electron chi connectivity index (χ2n) is 6.60. The van der Waals surface area contributed by atoms with Gasteiger partial charge in [-0.05, 0) is 18.4 Å². The number of likely N-dealkylation sites (tertiary alicyclic amines) is 1. The number of nitrogens with zero attached hydrogens (tertiary/aromatic N) is 2. The van der Waals surface area contributed by atoms with Gasteiger partial charge in [-0.3, -0.25) is 4.90 Å². The van der Waals surface area contributed by atoms with Crippen LogP contribution >= 0.6 is 0 Å². The van der Waals surface area contributed by atoms with Crippen molar-refractivity contribution in [2.75, 3.05) is 34.0 Å². The Morgan fingerprint density at radius 2 is 2.12 bits per heavy atom. The SMILES string of the molecule is COC[C@@H]1CCCCN1[C@]1(C#N)CO[C@]1(C(=O)OC)c1ccccc1. The average Bonchev–Trinajstić information content (AvgIpc) is 2.64. The summed E-state index contributed by atoms with van der Waals surface area (Å²) in [5.41, 5.74) is -1.87. The van der Waals surface area contributed by atoms with E-state index in [1.807, 2.05) is 30.3 Å². The van der Waals surface area contributed by atoms with Gasteiger partial charge in [0.2, 0.25) is 5.60 Å². The molecule has 2 saturated heterocycles. The molecule has 0 radical (unpaired) electrons. The minimum Gasteiger partial charge on any atom is -0.467 e. The summed E-state index contributed by atoms with van der Waals surface area (Å²) in [6.45, 7) is 1.43. The summed E-state index contributed by atoms with van der Waals surface area (Å²) in [5, 5.41) is 10.2. The number of carbonyl (C=O) groups excluding carboxylic acids is 1. The van der Waals surface area contributed by atoms with Crippen molar-refractivity contribution in [1.29, 1.82) is 5.26 Å². The normalized spacial score (nSPS) is 32.4. The van der Waals surface area contributed by atoms with Gasteiger partial charge in [-0.2, -0.15) is 5.26 Å². The Morgan fingerprint density at radius 1 is 1.36 bits per heavy atom. The molecule has 6 nitrogen and oxygen atoms in total. The molecule has 0 spiro atoms. The van der Waals surface area contributed by atoms with E-state index in [-0.39, 0.29) is 12.6 Å². The molecule has 2 fully saturated rings. The highest BCUT2D eigenvalue weighted by molar-refractivity contribution is 5.86. The first kappa shape index (κ1) is 17.9. The lowest BCUT2D eigenvalue weighted by Gasteiger charge is -2.59. The second-order valence-corrected chi connectivity index (χ2v) is 6.60. The number of esters is 1. The van der Waals surface area contributed by atoms with Gasteiger partial charge < -0.3 is 14.2 Å². The van der Waals surface area contributed by atoms with Crippen molar-refractivity contribution in [3.8, 4) is 6.07 Å². The van der Waals surface area contributed by atoms with E-state index in [1.54, 1.807) is 7.11 Å². The van der Waals surface area contributed by atoms with E-state index in [0.717, 1.165) is 25.8 Å². The van der Waals surface area contributed by atoms with Gasteiger partial charge in [0.25, 0.3) is 0 Å². The van der Waals surface area contributed by atoms with Crippen molar-refractivity contribution in [1.82, 2.24) is 4.90 Å². The number of methoxy groups -OCH3 is 2. The summed E-state index contributed by atoms with van der Waals surface area (Å²) < 4.78 is 16.3. The van der Waals surface area contributed by atoms with Crippen LogP contribution < -0.4 is 0 Å². The molecule has 0 saturated carbocycles. The molecule has 134 valence electrons. The molecule has 1 aromatic carbocycles. The number of carbonyl (C=O) groups is 1. The Hall–Kier alpha value is -1.94. The van der Waals surface area contributed by atoms with Crippen LogP contribution in [0.25, 0.3) is 0 Å². The van der Waals surface area contributed by atoms with Gasteiger partial charge in [0, 0.05) is 19.7 Å². The Bertz CT molecular complexity index is 657. The molecule has 6 heteroatoms. The third kappa shape index (κ3) is 2.54. The lowest BCUT2D eigenvalue weighted by atomic mass is 9.68. The van der Waals surface area contributed by atoms with Crippen LogP contribution in [0.4, 0.5) is 0 Å². The fraction of sp³-hybridized carbons (Fsp3) is 0.579. The van der Waals surface area contributed by atoms with Crippen molar-refractivity contribution < 1.29 is 19.0 Å². The average molecular weight is 344 g/mol. The largest absolute Gasteiger partial charge is 0.467 e. The van der Waals surface area contributed by atoms with Gasteiger partial charge in [-0.1, -0.05) is 36.8 Å². The smallest absolute Gasteiger partial charge is 0.346 e. The maximum atomic E-state index is 12.8. The predicted molar refractivity (Wildman–Crippen MR) is 90.7 cm³/mol. The molecule has 2 aliphatic rings. The van der Waals surface area contributed by atoms with Crippen molar-refractivity contribution in [3.63, 3.8) is 0 Å². The Balaban J connectivity index is 2.10. The van der Waals surface area contributed by atoms with Crippen LogP contribution in [-0.4, -0.2) is 56.4 Å². The molecule has 0 aliphatic carbocycles. The number of benzene rings is 1. The number of nitriles is 1. The topological polar surface area (TPSA) is 71.8 Å². The van der Waals surface area contributed by atoms with Crippen molar-refractivity contribution in [2.45, 2.75) is 36.4 Å². The first-order valence-corrected chi connectivity index (χ1v) is 8.61. The van der Waals surface area contributed by atoms with Crippen LogP contribution in [-0.2, 0) is 24.6 Å². The number of piperidine rings is 1. The van der Waals surface area contributed by atoms with Crippen LogP contribution in [0, 0.1) is 11.3 Å². The maximum absolute atomic E-state index is 12.8. The highest BCUT2D eigenvalue weighted by atomic mass is 16.6. The van der Waals surface area contributed by atoms with Crippen LogP contribution in [0.2, 0.25) is 0 Å². The highest BCUT2D eigenvalue weighted by Crippen LogP contribution is 2.51. The van der Waals surface area contributed by atoms with Crippen LogP contribution in [0.15, 0.2) is 30.3 Å². The third-order valence-corrected chi connectivity index (χ3v) is 5.39. The summed E-state index contributed by atoms with van der Waals surface area (Å²) in [6, 6.07) is 11.7. The number of rotatable bonds is 5. The molecule has 0 N–H and O–H groups in total. The maximum Gasteiger partial charge on any atom is 0.346 e. The number of hydrogen-bond acceptors (Lipinski definition) is 6. The summed E-state index contributed by atoms with van der Waals surface area (Å²) in [4.78, 5) is 14.9. The van der Waals surface area contributed by atoms with E-state index in [1.165, 1.54) is 7.11 Å². The Morgan fingerprint density at radius 3 is 2.68 bits per heavy atom. The second kappa shape index (κ2) is 7.12. The van der Waals surface area contributed by atoms with Crippen molar-refractivity contribution >= 4 is 5.97 Å².